The molecule has 7 heteroatoms. The average molecular weight is 214 g/mol. The van der Waals surface area contributed by atoms with Crippen molar-refractivity contribution < 1.29 is 8.96 Å². The zero-order valence-electron chi connectivity index (χ0n) is 9.47. The van der Waals surface area contributed by atoms with Crippen LogP contribution in [0.15, 0.2) is 4.81 Å². The Hall–Kier alpha value is 0.0799. The van der Waals surface area contributed by atoms with Crippen LogP contribution in [0.1, 0.15) is 27.7 Å². The van der Waals surface area contributed by atoms with E-state index in [1.807, 2.05) is 0 Å². The van der Waals surface area contributed by atoms with Gasteiger partial charge in [0.05, 0.1) is 0 Å². The van der Waals surface area contributed by atoms with Gasteiger partial charge in [0, 0.05) is 0 Å². The second-order valence-corrected chi connectivity index (χ2v) is 4.86. The van der Waals surface area contributed by atoms with Crippen LogP contribution in [0.25, 0.3) is 0 Å². The second kappa shape index (κ2) is 7.38. The molecule has 0 spiro atoms. The van der Waals surface area contributed by atoms with Crippen molar-refractivity contribution in [3.8, 4) is 0 Å². The van der Waals surface area contributed by atoms with Gasteiger partial charge in [-0.3, -0.25) is 0 Å². The van der Waals surface area contributed by atoms with Crippen molar-refractivity contribution in [2.45, 2.75) is 39.8 Å². The Kier molecular flexibility index (Phi) is 7.42. The van der Waals surface area contributed by atoms with Crippen molar-refractivity contribution >= 4 is 23.8 Å². The molecule has 0 aromatic carbocycles. The number of hydrogen-bond donors (Lipinski definition) is 0. The first-order valence-corrected chi connectivity index (χ1v) is 5.68. The molecule has 0 amide bonds. The Morgan fingerprint density at radius 3 is 2.07 bits per heavy atom. The first kappa shape index (κ1) is 14.1. The molecule has 0 bridgehead atoms. The summed E-state index contributed by atoms with van der Waals surface area (Å²) in [7, 11) is 6.70. The first-order valence-electron chi connectivity index (χ1n) is 4.55. The fourth-order valence-corrected chi connectivity index (χ4v) is 2.51. The summed E-state index contributed by atoms with van der Waals surface area (Å²) in [6.45, 7) is 8.38. The maximum atomic E-state index is 5.28. The molecule has 0 saturated heterocycles. The summed E-state index contributed by atoms with van der Waals surface area (Å²) in [5.74, 6) is 0. The molecule has 0 aromatic rings. The van der Waals surface area contributed by atoms with Crippen LogP contribution in [0, 0.1) is 0 Å². The molecule has 0 fully saturated rings. The van der Waals surface area contributed by atoms with Gasteiger partial charge >= 0.3 is 89.1 Å². The van der Waals surface area contributed by atoms with Crippen LogP contribution in [0.3, 0.4) is 0 Å². The van der Waals surface area contributed by atoms with Gasteiger partial charge in [-0.15, -0.1) is 0 Å². The third-order valence-corrected chi connectivity index (χ3v) is 3.49. The maximum absolute atomic E-state index is 5.28. The normalized spacial score (nSPS) is 14.0. The predicted octanol–water partition coefficient (Wildman–Crippen LogP) is 1.88. The molecule has 78 valence electrons. The van der Waals surface area contributed by atoms with Gasteiger partial charge in [0.25, 0.3) is 0 Å². The van der Waals surface area contributed by atoms with Gasteiger partial charge in [-0.2, -0.15) is 0 Å². The average Bonchev–Trinajstić information content (AvgIpc) is 2.10. The van der Waals surface area contributed by atoms with Gasteiger partial charge in [0.2, 0.25) is 0 Å². The monoisotopic (exact) mass is 214 g/mol. The summed E-state index contributed by atoms with van der Waals surface area (Å²) < 4.78 is 12.7. The molecule has 0 aromatic heterocycles. The Labute approximate surface area is 89.7 Å². The topological polar surface area (TPSA) is 34.1 Å². The van der Waals surface area contributed by atoms with Crippen molar-refractivity contribution in [3.63, 3.8) is 0 Å². The molecular weight excluding hydrogens is 197 g/mol. The minimum absolute atomic E-state index is 0.354. The van der Waals surface area contributed by atoms with E-state index in [4.69, 9.17) is 16.9 Å². The van der Waals surface area contributed by atoms with Gasteiger partial charge in [-0.1, -0.05) is 0 Å². The molecule has 4 nitrogen and oxygen atoms in total. The summed E-state index contributed by atoms with van der Waals surface area (Å²) in [6.07, 6.45) is 0. The fourth-order valence-electron chi connectivity index (χ4n) is 1.23. The van der Waals surface area contributed by atoms with Crippen molar-refractivity contribution in [1.29, 1.82) is 0 Å². The van der Waals surface area contributed by atoms with Gasteiger partial charge in [0.1, 0.15) is 0 Å². The molecule has 14 heavy (non-hydrogen) atoms. The number of hydrogen-bond acceptors (Lipinski definition) is 4. The zero-order chi connectivity index (χ0) is 11.1. The van der Waals surface area contributed by atoms with Crippen molar-refractivity contribution in [3.05, 3.63) is 0 Å². The van der Waals surface area contributed by atoms with Crippen LogP contribution in [0.2, 0.25) is 0 Å². The summed E-state index contributed by atoms with van der Waals surface area (Å²) in [5.41, 5.74) is 0. The molecule has 0 aliphatic rings. The van der Waals surface area contributed by atoms with Crippen LogP contribution in [-0.2, 0) is 8.96 Å². The standard InChI is InChI=1S/C7H17B2N2O2P/c1-6(2)11(7(3)4)14(12-5)13-9-10-8/h6-7H,1-5H3. The molecule has 0 saturated carbocycles. The van der Waals surface area contributed by atoms with Gasteiger partial charge in [0.15, 0.2) is 0 Å². The van der Waals surface area contributed by atoms with Crippen molar-refractivity contribution in [2.24, 2.45) is 4.81 Å². The van der Waals surface area contributed by atoms with E-state index in [1.54, 1.807) is 7.11 Å². The van der Waals surface area contributed by atoms with Crippen LogP contribution in [0.5, 0.6) is 0 Å². The third-order valence-electron chi connectivity index (χ3n) is 1.60. The Balaban J connectivity index is 4.41. The molecule has 0 N–H and O–H groups in total. The molecule has 1 unspecified atom stereocenters. The van der Waals surface area contributed by atoms with Gasteiger partial charge in [-0.05, 0) is 0 Å². The number of nitrogens with zero attached hydrogens (tertiary/aromatic N) is 2. The molecule has 0 rings (SSSR count). The first-order chi connectivity index (χ1) is 6.54. The summed E-state index contributed by atoms with van der Waals surface area (Å²) in [6, 6.07) is 0.708. The second-order valence-electron chi connectivity index (χ2n) is 3.35. The van der Waals surface area contributed by atoms with Crippen LogP contribution in [0.4, 0.5) is 0 Å². The van der Waals surface area contributed by atoms with Gasteiger partial charge in [-0.25, -0.2) is 0 Å². The Morgan fingerprint density at radius 2 is 1.79 bits per heavy atom. The van der Waals surface area contributed by atoms with E-state index in [0.717, 1.165) is 0 Å². The molecule has 0 aliphatic carbocycles. The third kappa shape index (κ3) is 4.54. The van der Waals surface area contributed by atoms with E-state index in [-0.39, 0.29) is 0 Å². The van der Waals surface area contributed by atoms with E-state index >= 15 is 0 Å². The fraction of sp³-hybridized carbons (Fsp3) is 1.00. The van der Waals surface area contributed by atoms with Crippen molar-refractivity contribution in [2.75, 3.05) is 7.11 Å². The van der Waals surface area contributed by atoms with Crippen LogP contribution < -0.4 is 0 Å². The SMILES string of the molecule is [B]N=BOP(OC)N(C(C)C)C(C)C. The summed E-state index contributed by atoms with van der Waals surface area (Å²) in [5, 5.41) is 0. The van der Waals surface area contributed by atoms with E-state index in [0.29, 0.717) is 12.1 Å². The van der Waals surface area contributed by atoms with Crippen LogP contribution in [-0.4, -0.2) is 39.1 Å². The van der Waals surface area contributed by atoms with E-state index in [2.05, 4.69) is 37.2 Å². The van der Waals surface area contributed by atoms with Crippen molar-refractivity contribution in [1.82, 2.24) is 4.67 Å². The predicted molar refractivity (Wildman–Crippen MR) is 61.1 cm³/mol. The molecule has 0 heterocycles. The Bertz CT molecular complexity index is 173. The Morgan fingerprint density at radius 1 is 1.29 bits per heavy atom. The summed E-state index contributed by atoms with van der Waals surface area (Å²) in [4.78, 5) is 3.29. The molecule has 0 aliphatic heterocycles. The van der Waals surface area contributed by atoms with E-state index in [9.17, 15) is 0 Å². The summed E-state index contributed by atoms with van der Waals surface area (Å²) >= 11 is 0. The quantitative estimate of drug-likeness (QED) is 0.499. The van der Waals surface area contributed by atoms with Gasteiger partial charge < -0.3 is 0 Å². The van der Waals surface area contributed by atoms with E-state index < -0.39 is 8.53 Å². The zero-order valence-corrected chi connectivity index (χ0v) is 10.4. The number of rotatable bonds is 6. The van der Waals surface area contributed by atoms with Crippen LogP contribution >= 0.6 is 8.53 Å². The molecular formula is C7H17B2N2O2P. The molecule has 2 radical (unpaired) electrons. The molecule has 1 atom stereocenters. The van der Waals surface area contributed by atoms with E-state index in [1.165, 1.54) is 7.27 Å². The minimum atomic E-state index is -1.10.